The van der Waals surface area contributed by atoms with Gasteiger partial charge in [-0.25, -0.2) is 4.39 Å². The summed E-state index contributed by atoms with van der Waals surface area (Å²) in [5.41, 5.74) is 1.11. The zero-order valence-electron chi connectivity index (χ0n) is 10.5. The van der Waals surface area contributed by atoms with E-state index in [9.17, 15) is 17.6 Å². The van der Waals surface area contributed by atoms with Crippen LogP contribution in [0.25, 0.3) is 0 Å². The van der Waals surface area contributed by atoms with Crippen molar-refractivity contribution in [2.75, 3.05) is 5.32 Å². The molecule has 2 aromatic carbocycles. The van der Waals surface area contributed by atoms with Gasteiger partial charge in [0.05, 0.1) is 4.47 Å². The van der Waals surface area contributed by atoms with Gasteiger partial charge in [-0.1, -0.05) is 12.1 Å². The van der Waals surface area contributed by atoms with Gasteiger partial charge >= 0.3 is 6.36 Å². The van der Waals surface area contributed by atoms with Crippen LogP contribution in [-0.2, 0) is 6.54 Å². The lowest BCUT2D eigenvalue weighted by atomic mass is 10.2. The van der Waals surface area contributed by atoms with Crippen molar-refractivity contribution in [3.05, 3.63) is 58.3 Å². The van der Waals surface area contributed by atoms with Crippen LogP contribution in [0.4, 0.5) is 23.2 Å². The van der Waals surface area contributed by atoms with Gasteiger partial charge < -0.3 is 10.1 Å². The lowest BCUT2D eigenvalue weighted by molar-refractivity contribution is -0.274. The first-order chi connectivity index (χ1) is 9.83. The average molecular weight is 364 g/mol. The van der Waals surface area contributed by atoms with Crippen LogP contribution in [0.15, 0.2) is 46.9 Å². The summed E-state index contributed by atoms with van der Waals surface area (Å²) in [6.45, 7) is 0.277. The quantitative estimate of drug-likeness (QED) is 0.763. The first-order valence-corrected chi connectivity index (χ1v) is 6.66. The Morgan fingerprint density at radius 3 is 2.52 bits per heavy atom. The van der Waals surface area contributed by atoms with Gasteiger partial charge in [0.1, 0.15) is 11.6 Å². The Morgan fingerprint density at radius 2 is 1.86 bits per heavy atom. The predicted octanol–water partition coefficient (Wildman–Crippen LogP) is 5.10. The molecule has 0 radical (unpaired) electrons. The van der Waals surface area contributed by atoms with Gasteiger partial charge in [0.25, 0.3) is 0 Å². The van der Waals surface area contributed by atoms with Crippen LogP contribution in [0.1, 0.15) is 5.56 Å². The monoisotopic (exact) mass is 363 g/mol. The van der Waals surface area contributed by atoms with Crippen LogP contribution < -0.4 is 10.1 Å². The summed E-state index contributed by atoms with van der Waals surface area (Å²) >= 11 is 3.04. The number of nitrogens with one attached hydrogen (secondary N) is 1. The second kappa shape index (κ2) is 6.34. The number of rotatable bonds is 4. The van der Waals surface area contributed by atoms with Gasteiger partial charge in [0.2, 0.25) is 0 Å². The van der Waals surface area contributed by atoms with Gasteiger partial charge in [0.15, 0.2) is 0 Å². The Kier molecular flexibility index (Phi) is 4.72. The molecule has 0 heterocycles. The number of halogens is 5. The molecule has 0 saturated carbocycles. The number of hydrogen-bond acceptors (Lipinski definition) is 2. The van der Waals surface area contributed by atoms with E-state index in [0.717, 1.165) is 0 Å². The summed E-state index contributed by atoms with van der Waals surface area (Å²) in [6, 6.07) is 10.1. The SMILES string of the molecule is Fc1cc(CNc2cccc(OC(F)(F)F)c2)ccc1Br. The van der Waals surface area contributed by atoms with Crippen LogP contribution >= 0.6 is 15.9 Å². The van der Waals surface area contributed by atoms with Crippen LogP contribution in [0.2, 0.25) is 0 Å². The molecule has 7 heteroatoms. The van der Waals surface area contributed by atoms with E-state index in [2.05, 4.69) is 26.0 Å². The molecule has 0 bridgehead atoms. The van der Waals surface area contributed by atoms with Crippen molar-refractivity contribution in [3.63, 3.8) is 0 Å². The fourth-order valence-corrected chi connectivity index (χ4v) is 1.90. The molecule has 2 rings (SSSR count). The molecule has 0 aromatic heterocycles. The highest BCUT2D eigenvalue weighted by Crippen LogP contribution is 2.25. The predicted molar refractivity (Wildman–Crippen MR) is 74.6 cm³/mol. The van der Waals surface area contributed by atoms with Gasteiger partial charge in [-0.15, -0.1) is 13.2 Å². The zero-order chi connectivity index (χ0) is 15.5. The number of benzene rings is 2. The summed E-state index contributed by atoms with van der Waals surface area (Å²) in [5.74, 6) is -0.710. The Bertz CT molecular complexity index is 631. The maximum atomic E-state index is 13.3. The first kappa shape index (κ1) is 15.6. The minimum Gasteiger partial charge on any atom is -0.406 e. The number of alkyl halides is 3. The molecule has 0 aliphatic heterocycles. The highest BCUT2D eigenvalue weighted by Gasteiger charge is 2.31. The minimum absolute atomic E-state index is 0.277. The molecule has 21 heavy (non-hydrogen) atoms. The largest absolute Gasteiger partial charge is 0.573 e. The van der Waals surface area contributed by atoms with Gasteiger partial charge in [-0.3, -0.25) is 0 Å². The first-order valence-electron chi connectivity index (χ1n) is 5.87. The molecule has 1 N–H and O–H groups in total. The van der Waals surface area contributed by atoms with Crippen molar-refractivity contribution in [1.29, 1.82) is 0 Å². The van der Waals surface area contributed by atoms with E-state index in [-0.39, 0.29) is 12.3 Å². The molecule has 0 aliphatic carbocycles. The number of hydrogen-bond donors (Lipinski definition) is 1. The smallest absolute Gasteiger partial charge is 0.406 e. The third-order valence-electron chi connectivity index (χ3n) is 2.55. The van der Waals surface area contributed by atoms with Gasteiger partial charge in [0, 0.05) is 18.3 Å². The maximum Gasteiger partial charge on any atom is 0.573 e. The van der Waals surface area contributed by atoms with Gasteiger partial charge in [-0.05, 0) is 45.8 Å². The van der Waals surface area contributed by atoms with E-state index in [1.54, 1.807) is 18.2 Å². The fourth-order valence-electron chi connectivity index (χ4n) is 1.66. The molecule has 0 fully saturated rings. The third kappa shape index (κ3) is 4.93. The zero-order valence-corrected chi connectivity index (χ0v) is 12.1. The molecule has 0 amide bonds. The van der Waals surface area contributed by atoms with Crippen molar-refractivity contribution in [3.8, 4) is 5.75 Å². The molecule has 0 spiro atoms. The van der Waals surface area contributed by atoms with E-state index in [0.29, 0.717) is 15.7 Å². The van der Waals surface area contributed by atoms with E-state index in [4.69, 9.17) is 0 Å². The van der Waals surface area contributed by atoms with Crippen molar-refractivity contribution < 1.29 is 22.3 Å². The van der Waals surface area contributed by atoms with Crippen LogP contribution in [-0.4, -0.2) is 6.36 Å². The van der Waals surface area contributed by atoms with Crippen LogP contribution in [0.3, 0.4) is 0 Å². The summed E-state index contributed by atoms with van der Waals surface area (Å²) < 4.78 is 53.9. The van der Waals surface area contributed by atoms with E-state index < -0.39 is 12.2 Å². The molecule has 0 aliphatic rings. The molecule has 2 aromatic rings. The van der Waals surface area contributed by atoms with Crippen molar-refractivity contribution >= 4 is 21.6 Å². The topological polar surface area (TPSA) is 21.3 Å². The molecule has 0 saturated heterocycles. The highest BCUT2D eigenvalue weighted by molar-refractivity contribution is 9.10. The van der Waals surface area contributed by atoms with Crippen LogP contribution in [0.5, 0.6) is 5.75 Å². The van der Waals surface area contributed by atoms with E-state index in [1.165, 1.54) is 24.3 Å². The number of ether oxygens (including phenoxy) is 1. The second-order valence-corrected chi connectivity index (χ2v) is 5.03. The molecule has 0 unspecified atom stereocenters. The third-order valence-corrected chi connectivity index (χ3v) is 3.19. The van der Waals surface area contributed by atoms with E-state index >= 15 is 0 Å². The van der Waals surface area contributed by atoms with Crippen molar-refractivity contribution in [2.24, 2.45) is 0 Å². The summed E-state index contributed by atoms with van der Waals surface area (Å²) in [5, 5.41) is 2.90. The van der Waals surface area contributed by atoms with Crippen molar-refractivity contribution in [2.45, 2.75) is 12.9 Å². The molecule has 112 valence electrons. The van der Waals surface area contributed by atoms with E-state index in [1.807, 2.05) is 0 Å². The summed E-state index contributed by atoms with van der Waals surface area (Å²) in [6.07, 6.45) is -4.73. The molecule has 2 nitrogen and oxygen atoms in total. The second-order valence-electron chi connectivity index (χ2n) is 4.18. The average Bonchev–Trinajstić information content (AvgIpc) is 2.39. The highest BCUT2D eigenvalue weighted by atomic mass is 79.9. The molecule has 0 atom stereocenters. The molecular formula is C14H10BrF4NO. The van der Waals surface area contributed by atoms with Crippen LogP contribution in [0, 0.1) is 5.82 Å². The Balaban J connectivity index is 2.03. The standard InChI is InChI=1S/C14H10BrF4NO/c15-12-5-4-9(6-13(12)16)8-20-10-2-1-3-11(7-10)21-14(17,18)19/h1-7,20H,8H2. The molecular weight excluding hydrogens is 354 g/mol. The van der Waals surface area contributed by atoms with Crippen molar-refractivity contribution in [1.82, 2.24) is 0 Å². The normalized spacial score (nSPS) is 11.3. The lowest BCUT2D eigenvalue weighted by Crippen LogP contribution is -2.17. The number of anilines is 1. The minimum atomic E-state index is -4.73. The maximum absolute atomic E-state index is 13.3. The fraction of sp³-hybridized carbons (Fsp3) is 0.143. The summed E-state index contributed by atoms with van der Waals surface area (Å²) in [4.78, 5) is 0. The Morgan fingerprint density at radius 1 is 1.10 bits per heavy atom. The Labute approximate surface area is 126 Å². The lowest BCUT2D eigenvalue weighted by Gasteiger charge is -2.11. The Hall–Kier alpha value is -1.76. The summed E-state index contributed by atoms with van der Waals surface area (Å²) in [7, 11) is 0. The van der Waals surface area contributed by atoms with Gasteiger partial charge in [-0.2, -0.15) is 0 Å².